The first-order chi connectivity index (χ1) is 13.3. The van der Waals surface area contributed by atoms with Crippen molar-refractivity contribution >= 4 is 29.4 Å². The van der Waals surface area contributed by atoms with Crippen molar-refractivity contribution in [3.8, 4) is 0 Å². The molecule has 2 aromatic rings. The molecule has 0 radical (unpaired) electrons. The predicted molar refractivity (Wildman–Crippen MR) is 111 cm³/mol. The number of Topliss-reactive ketones (excluding diaryl/α,β-unsaturated/α-hetero) is 1. The van der Waals surface area contributed by atoms with Gasteiger partial charge >= 0.3 is 5.97 Å². The van der Waals surface area contributed by atoms with Crippen LogP contribution in [0.25, 0.3) is 0 Å². The first-order valence-electron chi connectivity index (χ1n) is 9.09. The van der Waals surface area contributed by atoms with Crippen LogP contribution in [0, 0.1) is 0 Å². The molecule has 6 heteroatoms. The van der Waals surface area contributed by atoms with E-state index in [2.05, 4.69) is 0 Å². The normalized spacial score (nSPS) is 11.6. The summed E-state index contributed by atoms with van der Waals surface area (Å²) >= 11 is 1.27. The largest absolute Gasteiger partial charge is 0.451 e. The Morgan fingerprint density at radius 1 is 1.04 bits per heavy atom. The molecule has 0 aliphatic heterocycles. The van der Waals surface area contributed by atoms with Crippen LogP contribution in [0.1, 0.15) is 40.1 Å². The van der Waals surface area contributed by atoms with Crippen LogP contribution < -0.4 is 0 Å². The summed E-state index contributed by atoms with van der Waals surface area (Å²) in [5.41, 5.74) is 2.00. The number of hydrogen-bond donors (Lipinski definition) is 0. The standard InChI is InChI=1S/C22H25NO4S/c1-5-16-10-12-17(13-11-16)21(25)15(2)27-22(26)18-8-6-7-9-19(18)28-14-20(24)23(3)4/h6-13,15H,5,14H2,1-4H3/t15-/m1/s1. The lowest BCUT2D eigenvalue weighted by atomic mass is 10.0. The number of nitrogens with zero attached hydrogens (tertiary/aromatic N) is 1. The number of thioether (sulfide) groups is 1. The van der Waals surface area contributed by atoms with E-state index in [4.69, 9.17) is 4.74 Å². The van der Waals surface area contributed by atoms with E-state index in [9.17, 15) is 14.4 Å². The zero-order chi connectivity index (χ0) is 20.7. The molecule has 28 heavy (non-hydrogen) atoms. The minimum absolute atomic E-state index is 0.0488. The van der Waals surface area contributed by atoms with Crippen molar-refractivity contribution in [2.24, 2.45) is 0 Å². The number of rotatable bonds is 8. The maximum absolute atomic E-state index is 12.6. The average Bonchev–Trinajstić information content (AvgIpc) is 2.71. The smallest absolute Gasteiger partial charge is 0.339 e. The molecule has 0 bridgehead atoms. The van der Waals surface area contributed by atoms with Crippen molar-refractivity contribution in [2.75, 3.05) is 19.8 Å². The van der Waals surface area contributed by atoms with Gasteiger partial charge in [0.2, 0.25) is 11.7 Å². The molecule has 0 saturated carbocycles. The molecule has 0 aliphatic carbocycles. The van der Waals surface area contributed by atoms with E-state index in [1.807, 2.05) is 19.1 Å². The minimum atomic E-state index is -0.901. The van der Waals surface area contributed by atoms with Crippen molar-refractivity contribution in [1.29, 1.82) is 0 Å². The number of ketones is 1. The van der Waals surface area contributed by atoms with Crippen LogP contribution in [0.2, 0.25) is 0 Å². The highest BCUT2D eigenvalue weighted by molar-refractivity contribution is 8.00. The van der Waals surface area contributed by atoms with Gasteiger partial charge in [0.25, 0.3) is 0 Å². The van der Waals surface area contributed by atoms with E-state index in [0.29, 0.717) is 16.0 Å². The highest BCUT2D eigenvalue weighted by atomic mass is 32.2. The van der Waals surface area contributed by atoms with E-state index in [0.717, 1.165) is 12.0 Å². The van der Waals surface area contributed by atoms with E-state index < -0.39 is 12.1 Å². The van der Waals surface area contributed by atoms with Gasteiger partial charge in [-0.3, -0.25) is 9.59 Å². The maximum atomic E-state index is 12.6. The van der Waals surface area contributed by atoms with Gasteiger partial charge in [-0.2, -0.15) is 0 Å². The third kappa shape index (κ3) is 5.70. The number of hydrogen-bond acceptors (Lipinski definition) is 5. The fourth-order valence-electron chi connectivity index (χ4n) is 2.45. The second kappa shape index (κ2) is 10.1. The molecule has 0 saturated heterocycles. The second-order valence-electron chi connectivity index (χ2n) is 6.54. The first kappa shape index (κ1) is 21.7. The van der Waals surface area contributed by atoms with Gasteiger partial charge in [0.1, 0.15) is 0 Å². The summed E-state index contributed by atoms with van der Waals surface area (Å²) in [6, 6.07) is 14.2. The van der Waals surface area contributed by atoms with Crippen LogP contribution >= 0.6 is 11.8 Å². The summed E-state index contributed by atoms with van der Waals surface area (Å²) in [6.07, 6.45) is -0.00880. The molecule has 0 fully saturated rings. The molecule has 0 heterocycles. The Morgan fingerprint density at radius 2 is 1.68 bits per heavy atom. The summed E-state index contributed by atoms with van der Waals surface area (Å²) < 4.78 is 5.41. The highest BCUT2D eigenvalue weighted by Gasteiger charge is 2.22. The summed E-state index contributed by atoms with van der Waals surface area (Å²) in [6.45, 7) is 3.61. The number of benzene rings is 2. The number of esters is 1. The number of carbonyl (C=O) groups is 3. The molecule has 5 nitrogen and oxygen atoms in total. The Labute approximate surface area is 170 Å². The van der Waals surface area contributed by atoms with Crippen LogP contribution in [-0.4, -0.2) is 48.5 Å². The zero-order valence-electron chi connectivity index (χ0n) is 16.6. The fourth-order valence-corrected chi connectivity index (χ4v) is 3.47. The molecule has 148 valence electrons. The zero-order valence-corrected chi connectivity index (χ0v) is 17.4. The average molecular weight is 400 g/mol. The van der Waals surface area contributed by atoms with Gasteiger partial charge in [0.15, 0.2) is 6.10 Å². The molecule has 0 aliphatic rings. The van der Waals surface area contributed by atoms with Gasteiger partial charge in [-0.05, 0) is 31.0 Å². The molecule has 1 amide bonds. The first-order valence-corrected chi connectivity index (χ1v) is 10.1. The fraction of sp³-hybridized carbons (Fsp3) is 0.318. The van der Waals surface area contributed by atoms with E-state index >= 15 is 0 Å². The lowest BCUT2D eigenvalue weighted by molar-refractivity contribution is -0.125. The third-order valence-electron chi connectivity index (χ3n) is 4.26. The summed E-state index contributed by atoms with van der Waals surface area (Å²) in [7, 11) is 3.37. The molecule has 0 spiro atoms. The monoisotopic (exact) mass is 399 g/mol. The maximum Gasteiger partial charge on any atom is 0.339 e. The predicted octanol–water partition coefficient (Wildman–Crippen LogP) is 3.86. The number of aryl methyl sites for hydroxylation is 1. The summed E-state index contributed by atoms with van der Waals surface area (Å²) in [5.74, 6) is -0.655. The Balaban J connectivity index is 2.07. The van der Waals surface area contributed by atoms with Gasteiger partial charge in [-0.25, -0.2) is 4.79 Å². The Bertz CT molecular complexity index is 846. The lowest BCUT2D eigenvalue weighted by Gasteiger charge is -2.15. The number of carbonyl (C=O) groups excluding carboxylic acids is 3. The quantitative estimate of drug-likeness (QED) is 0.383. The van der Waals surface area contributed by atoms with Crippen LogP contribution in [0.15, 0.2) is 53.4 Å². The molecule has 0 aromatic heterocycles. The van der Waals surface area contributed by atoms with Crippen molar-refractivity contribution in [1.82, 2.24) is 4.90 Å². The van der Waals surface area contributed by atoms with Crippen molar-refractivity contribution < 1.29 is 19.1 Å². The van der Waals surface area contributed by atoms with Crippen molar-refractivity contribution in [3.05, 3.63) is 65.2 Å². The van der Waals surface area contributed by atoms with Crippen LogP contribution in [0.3, 0.4) is 0 Å². The summed E-state index contributed by atoms with van der Waals surface area (Å²) in [5, 5.41) is 0. The van der Waals surface area contributed by atoms with E-state index in [1.165, 1.54) is 16.7 Å². The van der Waals surface area contributed by atoms with Crippen molar-refractivity contribution in [2.45, 2.75) is 31.3 Å². The molecule has 0 N–H and O–H groups in total. The molecular weight excluding hydrogens is 374 g/mol. The molecule has 0 unspecified atom stereocenters. The third-order valence-corrected chi connectivity index (χ3v) is 5.31. The van der Waals surface area contributed by atoms with Crippen molar-refractivity contribution in [3.63, 3.8) is 0 Å². The number of ether oxygens (including phenoxy) is 1. The van der Waals surface area contributed by atoms with Crippen LogP contribution in [-0.2, 0) is 16.0 Å². The molecule has 2 aromatic carbocycles. The highest BCUT2D eigenvalue weighted by Crippen LogP contribution is 2.24. The van der Waals surface area contributed by atoms with Crippen LogP contribution in [0.5, 0.6) is 0 Å². The Kier molecular flexibility index (Phi) is 7.81. The number of amides is 1. The van der Waals surface area contributed by atoms with Crippen LogP contribution in [0.4, 0.5) is 0 Å². The van der Waals surface area contributed by atoms with Gasteiger partial charge in [0, 0.05) is 24.6 Å². The summed E-state index contributed by atoms with van der Waals surface area (Å²) in [4.78, 5) is 39.1. The second-order valence-corrected chi connectivity index (χ2v) is 7.55. The Hall–Kier alpha value is -2.60. The topological polar surface area (TPSA) is 63.7 Å². The molecule has 1 atom stereocenters. The van der Waals surface area contributed by atoms with E-state index in [-0.39, 0.29) is 17.4 Å². The van der Waals surface area contributed by atoms with Gasteiger partial charge in [-0.15, -0.1) is 11.8 Å². The van der Waals surface area contributed by atoms with E-state index in [1.54, 1.807) is 57.4 Å². The molecule has 2 rings (SSSR count). The van der Waals surface area contributed by atoms with Gasteiger partial charge in [-0.1, -0.05) is 43.3 Å². The SMILES string of the molecule is CCc1ccc(C(=O)[C@@H](C)OC(=O)c2ccccc2SCC(=O)N(C)C)cc1. The van der Waals surface area contributed by atoms with Gasteiger partial charge in [0.05, 0.1) is 11.3 Å². The Morgan fingerprint density at radius 3 is 2.29 bits per heavy atom. The lowest BCUT2D eigenvalue weighted by Crippen LogP contribution is -2.25. The minimum Gasteiger partial charge on any atom is -0.451 e. The van der Waals surface area contributed by atoms with Gasteiger partial charge < -0.3 is 9.64 Å². The molecular formula is C22H25NO4S.